The van der Waals surface area contributed by atoms with Crippen molar-refractivity contribution < 1.29 is 9.84 Å². The lowest BCUT2D eigenvalue weighted by Crippen LogP contribution is -2.41. The van der Waals surface area contributed by atoms with Crippen LogP contribution in [0.2, 0.25) is 0 Å². The molecule has 3 fully saturated rings. The quantitative estimate of drug-likeness (QED) is 0.680. The number of hydrogen-bond acceptors (Lipinski definition) is 3. The largest absolute Gasteiger partial charge is 0.396 e. The second-order valence-electron chi connectivity index (χ2n) is 4.93. The Hall–Kier alpha value is -0.120. The minimum absolute atomic E-state index is 0.282. The third-order valence-corrected chi connectivity index (χ3v) is 3.84. The summed E-state index contributed by atoms with van der Waals surface area (Å²) in [5, 5.41) is 9.23. The Morgan fingerprint density at radius 1 is 1.46 bits per heavy atom. The smallest absolute Gasteiger partial charge is 0.0718 e. The van der Waals surface area contributed by atoms with Gasteiger partial charge in [-0.25, -0.2) is 0 Å². The second kappa shape index (κ2) is 2.69. The van der Waals surface area contributed by atoms with Gasteiger partial charge in [0, 0.05) is 31.2 Å². The van der Waals surface area contributed by atoms with Crippen LogP contribution in [0.1, 0.15) is 19.3 Å². The zero-order valence-electron chi connectivity index (χ0n) is 7.91. The molecule has 2 aliphatic heterocycles. The molecule has 2 bridgehead atoms. The van der Waals surface area contributed by atoms with E-state index >= 15 is 0 Å². The van der Waals surface area contributed by atoms with E-state index in [2.05, 4.69) is 4.90 Å². The summed E-state index contributed by atoms with van der Waals surface area (Å²) in [6, 6.07) is 0.661. The highest BCUT2D eigenvalue weighted by atomic mass is 16.5. The Balaban J connectivity index is 1.62. The fourth-order valence-electron chi connectivity index (χ4n) is 2.65. The number of morpholine rings is 1. The minimum atomic E-state index is 0.282. The van der Waals surface area contributed by atoms with Crippen molar-refractivity contribution in [3.63, 3.8) is 0 Å². The Labute approximate surface area is 78.7 Å². The Bertz CT molecular complexity index is 215. The lowest BCUT2D eigenvalue weighted by molar-refractivity contribution is 0.0168. The van der Waals surface area contributed by atoms with E-state index in [0.29, 0.717) is 18.8 Å². The average molecular weight is 183 g/mol. The van der Waals surface area contributed by atoms with Gasteiger partial charge in [-0.2, -0.15) is 0 Å². The molecule has 0 radical (unpaired) electrons. The molecule has 1 saturated carbocycles. The SMILES string of the molecule is OCC1(CN2C[C@H]3C[C@@H]2CO3)CC1. The number of nitrogens with zero attached hydrogens (tertiary/aromatic N) is 1. The van der Waals surface area contributed by atoms with Crippen molar-refractivity contribution in [1.82, 2.24) is 4.90 Å². The highest BCUT2D eigenvalue weighted by Crippen LogP contribution is 2.47. The normalized spacial score (nSPS) is 41.3. The van der Waals surface area contributed by atoms with Crippen molar-refractivity contribution in [3.8, 4) is 0 Å². The number of aliphatic hydroxyl groups is 1. The Morgan fingerprint density at radius 3 is 2.77 bits per heavy atom. The molecule has 0 aromatic heterocycles. The first-order valence-electron chi connectivity index (χ1n) is 5.28. The Kier molecular flexibility index (Phi) is 1.70. The van der Waals surface area contributed by atoms with E-state index in [9.17, 15) is 5.11 Å². The number of likely N-dealkylation sites (tertiary alicyclic amines) is 1. The highest BCUT2D eigenvalue weighted by molar-refractivity contribution is 5.00. The molecule has 1 aliphatic carbocycles. The molecule has 2 heterocycles. The number of hydrogen-bond donors (Lipinski definition) is 1. The summed E-state index contributed by atoms with van der Waals surface area (Å²) < 4.78 is 5.55. The summed E-state index contributed by atoms with van der Waals surface area (Å²) in [4.78, 5) is 2.53. The van der Waals surface area contributed by atoms with E-state index in [1.807, 2.05) is 0 Å². The van der Waals surface area contributed by atoms with E-state index in [4.69, 9.17) is 4.74 Å². The maximum absolute atomic E-state index is 9.23. The van der Waals surface area contributed by atoms with Crippen molar-refractivity contribution in [2.75, 3.05) is 26.3 Å². The first kappa shape index (κ1) is 8.21. The van der Waals surface area contributed by atoms with Crippen LogP contribution in [-0.4, -0.2) is 48.5 Å². The highest BCUT2D eigenvalue weighted by Gasteiger charge is 2.48. The third-order valence-electron chi connectivity index (χ3n) is 3.84. The van der Waals surface area contributed by atoms with Gasteiger partial charge < -0.3 is 9.84 Å². The van der Waals surface area contributed by atoms with Gasteiger partial charge in [0.1, 0.15) is 0 Å². The van der Waals surface area contributed by atoms with Crippen molar-refractivity contribution in [2.45, 2.75) is 31.4 Å². The fraction of sp³-hybridized carbons (Fsp3) is 1.00. The van der Waals surface area contributed by atoms with Gasteiger partial charge in [0.05, 0.1) is 12.7 Å². The maximum Gasteiger partial charge on any atom is 0.0718 e. The van der Waals surface area contributed by atoms with Gasteiger partial charge >= 0.3 is 0 Å². The molecule has 2 atom stereocenters. The maximum atomic E-state index is 9.23. The van der Waals surface area contributed by atoms with Crippen molar-refractivity contribution in [3.05, 3.63) is 0 Å². The molecule has 0 aromatic rings. The summed E-state index contributed by atoms with van der Waals surface area (Å²) in [5.74, 6) is 0. The first-order chi connectivity index (χ1) is 6.31. The Morgan fingerprint density at radius 2 is 2.31 bits per heavy atom. The molecule has 3 rings (SSSR count). The van der Waals surface area contributed by atoms with Crippen LogP contribution in [0, 0.1) is 5.41 Å². The first-order valence-corrected chi connectivity index (χ1v) is 5.28. The molecule has 3 aliphatic rings. The van der Waals surface area contributed by atoms with E-state index in [1.54, 1.807) is 0 Å². The lowest BCUT2D eigenvalue weighted by Gasteiger charge is -2.29. The van der Waals surface area contributed by atoms with Crippen LogP contribution in [0.15, 0.2) is 0 Å². The predicted octanol–water partition coefficient (Wildman–Crippen LogP) is 0.232. The van der Waals surface area contributed by atoms with Gasteiger partial charge in [-0.3, -0.25) is 4.90 Å². The standard InChI is InChI=1S/C10H17NO2/c12-7-10(1-2-10)6-11-4-9-3-8(11)5-13-9/h8-9,12H,1-7H2/t8-,9-/m1/s1. The molecule has 0 amide bonds. The zero-order chi connectivity index (χ0) is 8.89. The molecule has 0 unspecified atom stereocenters. The third kappa shape index (κ3) is 1.30. The summed E-state index contributed by atoms with van der Waals surface area (Å²) >= 11 is 0. The molecule has 3 heteroatoms. The van der Waals surface area contributed by atoms with Crippen LogP contribution in [0.4, 0.5) is 0 Å². The average Bonchev–Trinajstić information content (AvgIpc) is 2.62. The second-order valence-corrected chi connectivity index (χ2v) is 4.93. The van der Waals surface area contributed by atoms with Crippen LogP contribution >= 0.6 is 0 Å². The number of ether oxygens (including phenoxy) is 1. The summed E-state index contributed by atoms with van der Waals surface area (Å²) in [6.45, 7) is 3.51. The molecule has 1 N–H and O–H groups in total. The summed E-state index contributed by atoms with van der Waals surface area (Å²) in [5.41, 5.74) is 0.282. The molecule has 0 aromatic carbocycles. The van der Waals surface area contributed by atoms with Crippen LogP contribution in [0.3, 0.4) is 0 Å². The molecule has 2 saturated heterocycles. The minimum Gasteiger partial charge on any atom is -0.396 e. The van der Waals surface area contributed by atoms with Gasteiger partial charge in [-0.1, -0.05) is 0 Å². The molecular weight excluding hydrogens is 166 g/mol. The van der Waals surface area contributed by atoms with Gasteiger partial charge in [0.15, 0.2) is 0 Å². The van der Waals surface area contributed by atoms with E-state index < -0.39 is 0 Å². The summed E-state index contributed by atoms with van der Waals surface area (Å²) in [6.07, 6.45) is 4.16. The van der Waals surface area contributed by atoms with Crippen molar-refractivity contribution >= 4 is 0 Å². The van der Waals surface area contributed by atoms with Crippen LogP contribution in [0.5, 0.6) is 0 Å². The van der Waals surface area contributed by atoms with Crippen molar-refractivity contribution in [1.29, 1.82) is 0 Å². The van der Waals surface area contributed by atoms with Crippen LogP contribution in [0.25, 0.3) is 0 Å². The molecule has 0 spiro atoms. The number of aliphatic hydroxyl groups excluding tert-OH is 1. The van der Waals surface area contributed by atoms with Gasteiger partial charge in [-0.15, -0.1) is 0 Å². The molecular formula is C10H17NO2. The number of fused-ring (bicyclic) bond motifs is 2. The van der Waals surface area contributed by atoms with Gasteiger partial charge in [0.2, 0.25) is 0 Å². The lowest BCUT2D eigenvalue weighted by atomic mass is 10.1. The van der Waals surface area contributed by atoms with E-state index in [-0.39, 0.29) is 5.41 Å². The van der Waals surface area contributed by atoms with Crippen LogP contribution < -0.4 is 0 Å². The summed E-state index contributed by atoms with van der Waals surface area (Å²) in [7, 11) is 0. The number of rotatable bonds is 3. The van der Waals surface area contributed by atoms with Crippen molar-refractivity contribution in [2.24, 2.45) is 5.41 Å². The van der Waals surface area contributed by atoms with Gasteiger partial charge in [-0.05, 0) is 19.3 Å². The van der Waals surface area contributed by atoms with E-state index in [0.717, 1.165) is 19.7 Å². The molecule has 74 valence electrons. The van der Waals surface area contributed by atoms with E-state index in [1.165, 1.54) is 19.3 Å². The van der Waals surface area contributed by atoms with Gasteiger partial charge in [0.25, 0.3) is 0 Å². The molecule has 13 heavy (non-hydrogen) atoms. The topological polar surface area (TPSA) is 32.7 Å². The monoisotopic (exact) mass is 183 g/mol. The predicted molar refractivity (Wildman–Crippen MR) is 48.5 cm³/mol. The molecule has 3 nitrogen and oxygen atoms in total. The van der Waals surface area contributed by atoms with Crippen LogP contribution in [-0.2, 0) is 4.74 Å². The fourth-order valence-corrected chi connectivity index (χ4v) is 2.65. The zero-order valence-corrected chi connectivity index (χ0v) is 7.91.